The summed E-state index contributed by atoms with van der Waals surface area (Å²) < 4.78 is 0. The van der Waals surface area contributed by atoms with Crippen LogP contribution in [0.5, 0.6) is 0 Å². The van der Waals surface area contributed by atoms with Crippen molar-refractivity contribution in [1.82, 2.24) is 15.1 Å². The summed E-state index contributed by atoms with van der Waals surface area (Å²) in [5, 5.41) is 3.02. The molecule has 1 unspecified atom stereocenters. The molecule has 0 saturated carbocycles. The second-order valence-corrected chi connectivity index (χ2v) is 8.15. The molecule has 1 aromatic rings. The lowest BCUT2D eigenvalue weighted by Gasteiger charge is -2.40. The Morgan fingerprint density at radius 3 is 2.41 bits per heavy atom. The summed E-state index contributed by atoms with van der Waals surface area (Å²) in [6.45, 7) is 4.40. The van der Waals surface area contributed by atoms with Crippen molar-refractivity contribution < 1.29 is 14.4 Å². The van der Waals surface area contributed by atoms with Gasteiger partial charge in [-0.05, 0) is 44.1 Å². The van der Waals surface area contributed by atoms with Gasteiger partial charge >= 0.3 is 0 Å². The van der Waals surface area contributed by atoms with E-state index in [4.69, 9.17) is 0 Å². The number of piperidine rings is 2. The number of hydrogen-bond donors (Lipinski definition) is 1. The molecule has 3 amide bonds. The van der Waals surface area contributed by atoms with E-state index in [-0.39, 0.29) is 29.7 Å². The maximum absolute atomic E-state index is 13.1. The number of carbonyl (C=O) groups is 3. The Morgan fingerprint density at radius 1 is 1.00 bits per heavy atom. The maximum atomic E-state index is 13.1. The number of nitrogens with zero attached hydrogens (tertiary/aromatic N) is 2. The van der Waals surface area contributed by atoms with Crippen molar-refractivity contribution in [3.05, 3.63) is 35.9 Å². The van der Waals surface area contributed by atoms with Gasteiger partial charge < -0.3 is 15.1 Å². The van der Waals surface area contributed by atoms with Gasteiger partial charge in [0.1, 0.15) is 6.04 Å². The van der Waals surface area contributed by atoms with E-state index >= 15 is 0 Å². The first-order chi connectivity index (χ1) is 14.1. The molecule has 2 aliphatic rings. The highest BCUT2D eigenvalue weighted by Gasteiger charge is 2.36. The van der Waals surface area contributed by atoms with Crippen molar-refractivity contribution in [2.45, 2.75) is 64.5 Å². The zero-order chi connectivity index (χ0) is 20.6. The molecular formula is C23H33N3O3. The summed E-state index contributed by atoms with van der Waals surface area (Å²) in [6, 6.07) is 9.57. The van der Waals surface area contributed by atoms with Gasteiger partial charge in [0, 0.05) is 38.5 Å². The lowest BCUT2D eigenvalue weighted by Crippen LogP contribution is -2.54. The highest BCUT2D eigenvalue weighted by Crippen LogP contribution is 2.24. The fraction of sp³-hybridized carbons (Fsp3) is 0.609. The van der Waals surface area contributed by atoms with Crippen molar-refractivity contribution >= 4 is 17.7 Å². The molecule has 0 bridgehead atoms. The third-order valence-corrected chi connectivity index (χ3v) is 6.06. The summed E-state index contributed by atoms with van der Waals surface area (Å²) >= 11 is 0. The summed E-state index contributed by atoms with van der Waals surface area (Å²) in [4.78, 5) is 41.7. The molecule has 29 heavy (non-hydrogen) atoms. The molecule has 1 atom stereocenters. The van der Waals surface area contributed by atoms with Crippen LogP contribution in [0.25, 0.3) is 0 Å². The molecular weight excluding hydrogens is 366 g/mol. The van der Waals surface area contributed by atoms with Crippen LogP contribution in [0.3, 0.4) is 0 Å². The van der Waals surface area contributed by atoms with Gasteiger partial charge in [-0.3, -0.25) is 14.4 Å². The van der Waals surface area contributed by atoms with Gasteiger partial charge in [0.2, 0.25) is 17.7 Å². The molecule has 2 heterocycles. The number of likely N-dealkylation sites (tertiary alicyclic amines) is 2. The predicted octanol–water partition coefficient (Wildman–Crippen LogP) is 2.72. The Kier molecular flexibility index (Phi) is 7.67. The zero-order valence-electron chi connectivity index (χ0n) is 17.4. The van der Waals surface area contributed by atoms with E-state index in [1.807, 2.05) is 42.2 Å². The van der Waals surface area contributed by atoms with Crippen molar-refractivity contribution in [3.8, 4) is 0 Å². The van der Waals surface area contributed by atoms with Crippen molar-refractivity contribution in [2.24, 2.45) is 5.92 Å². The van der Waals surface area contributed by atoms with Gasteiger partial charge in [-0.2, -0.15) is 0 Å². The summed E-state index contributed by atoms with van der Waals surface area (Å²) in [7, 11) is 0. The highest BCUT2D eigenvalue weighted by molar-refractivity contribution is 5.88. The summed E-state index contributed by atoms with van der Waals surface area (Å²) in [5.74, 6) is 0.184. The summed E-state index contributed by atoms with van der Waals surface area (Å²) in [5.41, 5.74) is 1.09. The largest absolute Gasteiger partial charge is 0.352 e. The second-order valence-electron chi connectivity index (χ2n) is 8.15. The minimum absolute atomic E-state index is 0.0491. The molecule has 1 aromatic carbocycles. The van der Waals surface area contributed by atoms with Crippen LogP contribution in [-0.4, -0.2) is 53.2 Å². The van der Waals surface area contributed by atoms with E-state index in [0.29, 0.717) is 45.4 Å². The molecule has 6 nitrogen and oxygen atoms in total. The van der Waals surface area contributed by atoms with Crippen LogP contribution >= 0.6 is 0 Å². The monoisotopic (exact) mass is 399 g/mol. The van der Waals surface area contributed by atoms with Gasteiger partial charge in [-0.25, -0.2) is 0 Å². The zero-order valence-corrected chi connectivity index (χ0v) is 17.4. The van der Waals surface area contributed by atoms with Crippen molar-refractivity contribution in [1.29, 1.82) is 0 Å². The number of nitrogens with one attached hydrogen (secondary N) is 1. The Labute approximate surface area is 173 Å². The first-order valence-electron chi connectivity index (χ1n) is 11.0. The molecule has 1 N–H and O–H groups in total. The minimum Gasteiger partial charge on any atom is -0.352 e. The van der Waals surface area contributed by atoms with E-state index in [0.717, 1.165) is 31.2 Å². The Bertz CT molecular complexity index is 699. The number of hydrogen-bond acceptors (Lipinski definition) is 3. The van der Waals surface area contributed by atoms with E-state index in [2.05, 4.69) is 5.32 Å². The fourth-order valence-corrected chi connectivity index (χ4v) is 4.35. The standard InChI is InChI=1S/C23H33N3O3/c1-2-8-21(27)26-14-7-6-11-20(26)23(29)25-15-12-19(13-16-25)22(28)24-17-18-9-4-3-5-10-18/h3-5,9-10,19-20H,2,6-8,11-17H2,1H3,(H,24,28). The van der Waals surface area contributed by atoms with Crippen molar-refractivity contribution in [2.75, 3.05) is 19.6 Å². The van der Waals surface area contributed by atoms with Crippen LogP contribution in [0.2, 0.25) is 0 Å². The molecule has 0 radical (unpaired) electrons. The van der Waals surface area contributed by atoms with E-state index in [9.17, 15) is 14.4 Å². The molecule has 2 aliphatic heterocycles. The van der Waals surface area contributed by atoms with Gasteiger partial charge in [0.15, 0.2) is 0 Å². The molecule has 158 valence electrons. The van der Waals surface area contributed by atoms with Crippen LogP contribution in [0.4, 0.5) is 0 Å². The molecule has 2 fully saturated rings. The quantitative estimate of drug-likeness (QED) is 0.800. The summed E-state index contributed by atoms with van der Waals surface area (Å²) in [6.07, 6.45) is 5.40. The maximum Gasteiger partial charge on any atom is 0.245 e. The number of amides is 3. The Balaban J connectivity index is 1.49. The first-order valence-corrected chi connectivity index (χ1v) is 11.0. The lowest BCUT2D eigenvalue weighted by molar-refractivity contribution is -0.149. The minimum atomic E-state index is -0.314. The van der Waals surface area contributed by atoms with Gasteiger partial charge in [-0.15, -0.1) is 0 Å². The second kappa shape index (κ2) is 10.4. The van der Waals surface area contributed by atoms with Crippen LogP contribution in [0, 0.1) is 5.92 Å². The van der Waals surface area contributed by atoms with E-state index in [1.165, 1.54) is 0 Å². The van der Waals surface area contributed by atoms with E-state index < -0.39 is 0 Å². The normalized spacial score (nSPS) is 20.4. The predicted molar refractivity (Wildman–Crippen MR) is 112 cm³/mol. The third-order valence-electron chi connectivity index (χ3n) is 6.06. The Morgan fingerprint density at radius 2 is 1.72 bits per heavy atom. The Hall–Kier alpha value is -2.37. The van der Waals surface area contributed by atoms with Crippen molar-refractivity contribution in [3.63, 3.8) is 0 Å². The topological polar surface area (TPSA) is 69.7 Å². The lowest BCUT2D eigenvalue weighted by atomic mass is 9.94. The molecule has 6 heteroatoms. The van der Waals surface area contributed by atoms with Crippen LogP contribution in [0.15, 0.2) is 30.3 Å². The fourth-order valence-electron chi connectivity index (χ4n) is 4.35. The SMILES string of the molecule is CCCC(=O)N1CCCCC1C(=O)N1CCC(C(=O)NCc2ccccc2)CC1. The van der Waals surface area contributed by atoms with Crippen LogP contribution < -0.4 is 5.32 Å². The molecule has 3 rings (SSSR count). The van der Waals surface area contributed by atoms with Gasteiger partial charge in [0.25, 0.3) is 0 Å². The smallest absolute Gasteiger partial charge is 0.245 e. The van der Waals surface area contributed by atoms with Gasteiger partial charge in [-0.1, -0.05) is 37.3 Å². The molecule has 0 spiro atoms. The third kappa shape index (κ3) is 5.58. The molecule has 0 aliphatic carbocycles. The van der Waals surface area contributed by atoms with Crippen LogP contribution in [-0.2, 0) is 20.9 Å². The highest BCUT2D eigenvalue weighted by atomic mass is 16.2. The average Bonchev–Trinajstić information content (AvgIpc) is 2.78. The molecule has 2 saturated heterocycles. The first kappa shape index (κ1) is 21.3. The van der Waals surface area contributed by atoms with E-state index in [1.54, 1.807) is 4.90 Å². The average molecular weight is 400 g/mol. The number of benzene rings is 1. The van der Waals surface area contributed by atoms with Gasteiger partial charge in [0.05, 0.1) is 0 Å². The number of carbonyl (C=O) groups excluding carboxylic acids is 3. The van der Waals surface area contributed by atoms with Crippen LogP contribution in [0.1, 0.15) is 57.4 Å². The number of rotatable bonds is 6. The molecule has 0 aromatic heterocycles.